The van der Waals surface area contributed by atoms with Crippen molar-refractivity contribution in [2.75, 3.05) is 46.1 Å². The molecule has 3 rings (SSSR count). The van der Waals surface area contributed by atoms with Crippen molar-refractivity contribution in [1.82, 2.24) is 10.2 Å². The molecule has 5 nitrogen and oxygen atoms in total. The number of rotatable bonds is 5. The highest BCUT2D eigenvalue weighted by atomic mass is 16.7. The number of ether oxygens (including phenoxy) is 3. The van der Waals surface area contributed by atoms with Crippen LogP contribution in [-0.2, 0) is 11.3 Å². The van der Waals surface area contributed by atoms with Gasteiger partial charge < -0.3 is 19.5 Å². The Kier molecular flexibility index (Phi) is 4.17. The number of nitrogens with zero attached hydrogens (tertiary/aromatic N) is 1. The zero-order valence-electron chi connectivity index (χ0n) is 11.1. The van der Waals surface area contributed by atoms with Gasteiger partial charge in [-0.15, -0.1) is 0 Å². The van der Waals surface area contributed by atoms with E-state index in [1.54, 1.807) is 0 Å². The van der Waals surface area contributed by atoms with Gasteiger partial charge in [-0.25, -0.2) is 0 Å². The van der Waals surface area contributed by atoms with Crippen molar-refractivity contribution in [3.05, 3.63) is 23.8 Å². The molecule has 19 heavy (non-hydrogen) atoms. The van der Waals surface area contributed by atoms with Gasteiger partial charge in [0, 0.05) is 32.7 Å². The first-order chi connectivity index (χ1) is 9.42. The molecule has 5 heteroatoms. The monoisotopic (exact) mass is 264 g/mol. The van der Waals surface area contributed by atoms with E-state index in [0.29, 0.717) is 13.4 Å². The fraction of sp³-hybridized carbons (Fsp3) is 0.571. The molecule has 0 spiro atoms. The molecule has 0 unspecified atom stereocenters. The standard InChI is InChI=1S/C14H20N2O3/c1-2-13-14(19-11-18-13)9-12(1)10-17-8-7-16-5-3-15-4-6-16/h1-2,9,15H,3-8,10-11H2. The number of benzene rings is 1. The lowest BCUT2D eigenvalue weighted by Gasteiger charge is -2.26. The smallest absolute Gasteiger partial charge is 0.231 e. The second-order valence-electron chi connectivity index (χ2n) is 4.83. The molecular formula is C14H20N2O3. The molecule has 1 aromatic carbocycles. The maximum atomic E-state index is 5.72. The van der Waals surface area contributed by atoms with Crippen LogP contribution in [0.2, 0.25) is 0 Å². The lowest BCUT2D eigenvalue weighted by molar-refractivity contribution is 0.0885. The first-order valence-electron chi connectivity index (χ1n) is 6.81. The van der Waals surface area contributed by atoms with Crippen molar-refractivity contribution < 1.29 is 14.2 Å². The first kappa shape index (κ1) is 12.7. The molecule has 0 aliphatic carbocycles. The van der Waals surface area contributed by atoms with E-state index in [9.17, 15) is 0 Å². The SMILES string of the molecule is c1cc2c(cc1COCCN1CCNCC1)OCO2. The fourth-order valence-corrected chi connectivity index (χ4v) is 2.35. The molecule has 1 fully saturated rings. The number of fused-ring (bicyclic) bond motifs is 1. The highest BCUT2D eigenvalue weighted by Gasteiger charge is 2.13. The molecule has 0 atom stereocenters. The Balaban J connectivity index is 1.40. The number of hydrogen-bond acceptors (Lipinski definition) is 5. The van der Waals surface area contributed by atoms with Crippen LogP contribution < -0.4 is 14.8 Å². The average Bonchev–Trinajstić information content (AvgIpc) is 2.92. The van der Waals surface area contributed by atoms with Crippen LogP contribution in [0.3, 0.4) is 0 Å². The minimum Gasteiger partial charge on any atom is -0.454 e. The van der Waals surface area contributed by atoms with Crippen LogP contribution >= 0.6 is 0 Å². The Morgan fingerprint density at radius 3 is 2.89 bits per heavy atom. The van der Waals surface area contributed by atoms with Crippen LogP contribution in [0.1, 0.15) is 5.56 Å². The normalized spacial score (nSPS) is 18.7. The molecule has 1 aromatic rings. The summed E-state index contributed by atoms with van der Waals surface area (Å²) in [6, 6.07) is 5.96. The van der Waals surface area contributed by atoms with Crippen molar-refractivity contribution in [2.24, 2.45) is 0 Å². The number of piperazine rings is 1. The van der Waals surface area contributed by atoms with Crippen molar-refractivity contribution in [3.8, 4) is 11.5 Å². The van der Waals surface area contributed by atoms with Crippen LogP contribution in [0.4, 0.5) is 0 Å². The summed E-state index contributed by atoms with van der Waals surface area (Å²) in [5.41, 5.74) is 1.13. The lowest BCUT2D eigenvalue weighted by atomic mass is 10.2. The lowest BCUT2D eigenvalue weighted by Crippen LogP contribution is -2.44. The van der Waals surface area contributed by atoms with Crippen LogP contribution in [-0.4, -0.2) is 51.0 Å². The molecule has 104 valence electrons. The maximum absolute atomic E-state index is 5.72. The Hall–Kier alpha value is -1.30. The Labute approximate surface area is 113 Å². The van der Waals surface area contributed by atoms with E-state index < -0.39 is 0 Å². The predicted octanol–water partition coefficient (Wildman–Crippen LogP) is 0.837. The third-order valence-electron chi connectivity index (χ3n) is 3.47. The van der Waals surface area contributed by atoms with E-state index in [1.807, 2.05) is 18.2 Å². The van der Waals surface area contributed by atoms with Gasteiger partial charge in [0.15, 0.2) is 11.5 Å². The van der Waals surface area contributed by atoms with Crippen molar-refractivity contribution in [2.45, 2.75) is 6.61 Å². The first-order valence-corrected chi connectivity index (χ1v) is 6.81. The minimum absolute atomic E-state index is 0.322. The fourth-order valence-electron chi connectivity index (χ4n) is 2.35. The molecule has 1 saturated heterocycles. The highest BCUT2D eigenvalue weighted by Crippen LogP contribution is 2.32. The van der Waals surface area contributed by atoms with Gasteiger partial charge in [0.25, 0.3) is 0 Å². The highest BCUT2D eigenvalue weighted by molar-refractivity contribution is 5.44. The molecule has 1 N–H and O–H groups in total. The number of hydrogen-bond donors (Lipinski definition) is 1. The molecule has 2 heterocycles. The number of nitrogens with one attached hydrogen (secondary N) is 1. The zero-order valence-corrected chi connectivity index (χ0v) is 11.1. The second-order valence-corrected chi connectivity index (χ2v) is 4.83. The molecule has 0 aromatic heterocycles. The van der Waals surface area contributed by atoms with Gasteiger partial charge in [0.2, 0.25) is 6.79 Å². The summed E-state index contributed by atoms with van der Waals surface area (Å²) in [4.78, 5) is 2.43. The molecule has 2 aliphatic heterocycles. The topological polar surface area (TPSA) is 43.0 Å². The summed E-state index contributed by atoms with van der Waals surface area (Å²) in [5, 5.41) is 3.35. The third kappa shape index (κ3) is 3.37. The van der Waals surface area contributed by atoms with E-state index in [-0.39, 0.29) is 0 Å². The zero-order chi connectivity index (χ0) is 12.9. The molecule has 0 saturated carbocycles. The second kappa shape index (κ2) is 6.23. The quantitative estimate of drug-likeness (QED) is 0.798. The molecule has 0 radical (unpaired) electrons. The van der Waals surface area contributed by atoms with Crippen LogP contribution in [0.15, 0.2) is 18.2 Å². The maximum Gasteiger partial charge on any atom is 0.231 e. The van der Waals surface area contributed by atoms with E-state index in [0.717, 1.165) is 56.4 Å². The van der Waals surface area contributed by atoms with E-state index in [4.69, 9.17) is 14.2 Å². The van der Waals surface area contributed by atoms with Crippen molar-refractivity contribution in [3.63, 3.8) is 0 Å². The van der Waals surface area contributed by atoms with E-state index in [1.165, 1.54) is 0 Å². The Morgan fingerprint density at radius 1 is 1.16 bits per heavy atom. The van der Waals surface area contributed by atoms with Crippen LogP contribution in [0, 0.1) is 0 Å². The van der Waals surface area contributed by atoms with Crippen molar-refractivity contribution >= 4 is 0 Å². The Bertz CT molecular complexity index is 419. The molecule has 0 bridgehead atoms. The summed E-state index contributed by atoms with van der Waals surface area (Å²) in [5.74, 6) is 1.65. The van der Waals surface area contributed by atoms with Gasteiger partial charge >= 0.3 is 0 Å². The predicted molar refractivity (Wildman–Crippen MR) is 71.5 cm³/mol. The van der Waals surface area contributed by atoms with Gasteiger partial charge in [-0.05, 0) is 17.7 Å². The van der Waals surface area contributed by atoms with Gasteiger partial charge in [0.1, 0.15) is 0 Å². The largest absolute Gasteiger partial charge is 0.454 e. The molecule has 0 amide bonds. The third-order valence-corrected chi connectivity index (χ3v) is 3.47. The van der Waals surface area contributed by atoms with Gasteiger partial charge in [-0.1, -0.05) is 6.07 Å². The molecule has 2 aliphatic rings. The van der Waals surface area contributed by atoms with Crippen molar-refractivity contribution in [1.29, 1.82) is 0 Å². The van der Waals surface area contributed by atoms with E-state index in [2.05, 4.69) is 10.2 Å². The Morgan fingerprint density at radius 2 is 2.00 bits per heavy atom. The minimum atomic E-state index is 0.322. The van der Waals surface area contributed by atoms with Gasteiger partial charge in [0.05, 0.1) is 13.2 Å². The summed E-state index contributed by atoms with van der Waals surface area (Å²) in [7, 11) is 0. The summed E-state index contributed by atoms with van der Waals surface area (Å²) in [6.07, 6.45) is 0. The van der Waals surface area contributed by atoms with Gasteiger partial charge in [-0.3, -0.25) is 4.90 Å². The summed E-state index contributed by atoms with van der Waals surface area (Å²) < 4.78 is 16.4. The van der Waals surface area contributed by atoms with E-state index >= 15 is 0 Å². The van der Waals surface area contributed by atoms with Crippen LogP contribution in [0.5, 0.6) is 11.5 Å². The van der Waals surface area contributed by atoms with Crippen LogP contribution in [0.25, 0.3) is 0 Å². The molecular weight excluding hydrogens is 244 g/mol. The van der Waals surface area contributed by atoms with Gasteiger partial charge in [-0.2, -0.15) is 0 Å². The summed E-state index contributed by atoms with van der Waals surface area (Å²) in [6.45, 7) is 7.14. The summed E-state index contributed by atoms with van der Waals surface area (Å²) >= 11 is 0. The average molecular weight is 264 g/mol.